The van der Waals surface area contributed by atoms with Gasteiger partial charge in [0.2, 0.25) is 0 Å². The average Bonchev–Trinajstić information content (AvgIpc) is 2.57. The molecule has 1 aromatic heterocycles. The summed E-state index contributed by atoms with van der Waals surface area (Å²) in [5, 5.41) is 9.21. The van der Waals surface area contributed by atoms with Crippen LogP contribution in [0.4, 0.5) is 4.39 Å². The number of phenols is 1. The van der Waals surface area contributed by atoms with Crippen LogP contribution < -0.4 is 4.74 Å². The fraction of sp³-hybridized carbons (Fsp3) is 0.421. The predicted octanol–water partition coefficient (Wildman–Crippen LogP) is 5.33. The van der Waals surface area contributed by atoms with Gasteiger partial charge in [0.25, 0.3) is 0 Å². The molecular weight excluding hydrogens is 293 g/mol. The highest BCUT2D eigenvalue weighted by Crippen LogP contribution is 2.24. The molecule has 0 aliphatic carbocycles. The second kappa shape index (κ2) is 9.13. The summed E-state index contributed by atoms with van der Waals surface area (Å²) in [7, 11) is 0. The van der Waals surface area contributed by atoms with Crippen molar-refractivity contribution in [2.45, 2.75) is 45.4 Å². The Bertz CT molecular complexity index is 599. The second-order valence-electron chi connectivity index (χ2n) is 5.66. The van der Waals surface area contributed by atoms with E-state index in [1.807, 2.05) is 6.07 Å². The molecule has 3 nitrogen and oxygen atoms in total. The standard InChI is InChI=1S/C19H24FNO2/c1-2-3-4-5-6-7-12-23-16-9-10-18(21-14-16)15-8-11-19(22)17(20)13-15/h8-11,13-14,22H,2-7,12H2,1H3. The van der Waals surface area contributed by atoms with Crippen molar-refractivity contribution in [1.29, 1.82) is 0 Å². The van der Waals surface area contributed by atoms with E-state index in [-0.39, 0.29) is 5.75 Å². The van der Waals surface area contributed by atoms with E-state index in [9.17, 15) is 9.50 Å². The van der Waals surface area contributed by atoms with Crippen molar-refractivity contribution in [2.24, 2.45) is 0 Å². The fourth-order valence-electron chi connectivity index (χ4n) is 2.38. The first-order valence-corrected chi connectivity index (χ1v) is 8.28. The molecule has 0 spiro atoms. The Morgan fingerprint density at radius 1 is 1.04 bits per heavy atom. The van der Waals surface area contributed by atoms with E-state index >= 15 is 0 Å². The van der Waals surface area contributed by atoms with Gasteiger partial charge in [0, 0.05) is 5.56 Å². The van der Waals surface area contributed by atoms with Crippen molar-refractivity contribution >= 4 is 0 Å². The summed E-state index contributed by atoms with van der Waals surface area (Å²) < 4.78 is 19.0. The van der Waals surface area contributed by atoms with Crippen LogP contribution in [0.1, 0.15) is 45.4 Å². The molecule has 1 aromatic carbocycles. The first-order chi connectivity index (χ1) is 11.2. The van der Waals surface area contributed by atoms with Gasteiger partial charge in [0.1, 0.15) is 5.75 Å². The maximum absolute atomic E-state index is 13.4. The molecule has 1 heterocycles. The third-order valence-electron chi connectivity index (χ3n) is 3.75. The van der Waals surface area contributed by atoms with Gasteiger partial charge in [-0.2, -0.15) is 0 Å². The van der Waals surface area contributed by atoms with Crippen LogP contribution in [0.2, 0.25) is 0 Å². The molecule has 0 unspecified atom stereocenters. The van der Waals surface area contributed by atoms with E-state index in [0.717, 1.165) is 12.2 Å². The van der Waals surface area contributed by atoms with E-state index in [1.165, 1.54) is 44.2 Å². The summed E-state index contributed by atoms with van der Waals surface area (Å²) >= 11 is 0. The minimum atomic E-state index is -0.646. The minimum Gasteiger partial charge on any atom is -0.505 e. The topological polar surface area (TPSA) is 42.4 Å². The maximum Gasteiger partial charge on any atom is 0.165 e. The van der Waals surface area contributed by atoms with Crippen LogP contribution in [0.3, 0.4) is 0 Å². The Morgan fingerprint density at radius 2 is 1.83 bits per heavy atom. The lowest BCUT2D eigenvalue weighted by Crippen LogP contribution is -1.98. The molecular formula is C19H24FNO2. The molecule has 23 heavy (non-hydrogen) atoms. The van der Waals surface area contributed by atoms with Crippen molar-refractivity contribution in [3.63, 3.8) is 0 Å². The summed E-state index contributed by atoms with van der Waals surface area (Å²) in [5.74, 6) is -0.276. The molecule has 1 N–H and O–H groups in total. The molecule has 0 bridgehead atoms. The number of hydrogen-bond acceptors (Lipinski definition) is 3. The zero-order chi connectivity index (χ0) is 16.5. The maximum atomic E-state index is 13.4. The molecule has 0 saturated carbocycles. The monoisotopic (exact) mass is 317 g/mol. The highest BCUT2D eigenvalue weighted by atomic mass is 19.1. The summed E-state index contributed by atoms with van der Waals surface area (Å²) in [6, 6.07) is 7.87. The molecule has 2 rings (SSSR count). The first kappa shape index (κ1) is 17.3. The van der Waals surface area contributed by atoms with Gasteiger partial charge in [-0.3, -0.25) is 4.98 Å². The van der Waals surface area contributed by atoms with Crippen LogP contribution in [-0.2, 0) is 0 Å². The van der Waals surface area contributed by atoms with Crippen LogP contribution in [-0.4, -0.2) is 16.7 Å². The van der Waals surface area contributed by atoms with Gasteiger partial charge in [-0.05, 0) is 36.8 Å². The number of aromatic nitrogens is 1. The zero-order valence-electron chi connectivity index (χ0n) is 13.6. The van der Waals surface area contributed by atoms with Gasteiger partial charge in [0.15, 0.2) is 11.6 Å². The van der Waals surface area contributed by atoms with Gasteiger partial charge in [-0.25, -0.2) is 4.39 Å². The number of benzene rings is 1. The molecule has 0 fully saturated rings. The summed E-state index contributed by atoms with van der Waals surface area (Å²) in [6.07, 6.45) is 9.03. The number of unbranched alkanes of at least 4 members (excludes halogenated alkanes) is 5. The average molecular weight is 317 g/mol. The van der Waals surface area contributed by atoms with Gasteiger partial charge in [-0.1, -0.05) is 39.0 Å². The third kappa shape index (κ3) is 5.55. The molecule has 0 atom stereocenters. The highest BCUT2D eigenvalue weighted by molar-refractivity contribution is 5.60. The van der Waals surface area contributed by atoms with Crippen molar-refractivity contribution < 1.29 is 14.2 Å². The quantitative estimate of drug-likeness (QED) is 0.635. The lowest BCUT2D eigenvalue weighted by atomic mass is 10.1. The van der Waals surface area contributed by atoms with Gasteiger partial charge in [0.05, 0.1) is 18.5 Å². The lowest BCUT2D eigenvalue weighted by Gasteiger charge is -2.07. The zero-order valence-corrected chi connectivity index (χ0v) is 13.6. The first-order valence-electron chi connectivity index (χ1n) is 8.28. The van der Waals surface area contributed by atoms with Crippen molar-refractivity contribution in [2.75, 3.05) is 6.61 Å². The van der Waals surface area contributed by atoms with E-state index in [1.54, 1.807) is 18.3 Å². The number of pyridine rings is 1. The van der Waals surface area contributed by atoms with Crippen LogP contribution >= 0.6 is 0 Å². The van der Waals surface area contributed by atoms with Crippen LogP contribution in [0.15, 0.2) is 36.5 Å². The Morgan fingerprint density at radius 3 is 2.52 bits per heavy atom. The molecule has 0 aliphatic heterocycles. The van der Waals surface area contributed by atoms with E-state index in [4.69, 9.17) is 4.74 Å². The molecule has 0 radical (unpaired) electrons. The van der Waals surface area contributed by atoms with E-state index in [0.29, 0.717) is 17.9 Å². The van der Waals surface area contributed by atoms with E-state index in [2.05, 4.69) is 11.9 Å². The normalized spacial score (nSPS) is 10.7. The minimum absolute atomic E-state index is 0.354. The third-order valence-corrected chi connectivity index (χ3v) is 3.75. The number of rotatable bonds is 9. The predicted molar refractivity (Wildman–Crippen MR) is 90.2 cm³/mol. The number of phenolic OH excluding ortho intramolecular Hbond substituents is 1. The number of aromatic hydroxyl groups is 1. The molecule has 4 heteroatoms. The number of nitrogens with zero attached hydrogens (tertiary/aromatic N) is 1. The van der Waals surface area contributed by atoms with Crippen LogP contribution in [0, 0.1) is 5.82 Å². The van der Waals surface area contributed by atoms with Gasteiger partial charge in [-0.15, -0.1) is 0 Å². The molecule has 2 aromatic rings. The van der Waals surface area contributed by atoms with Crippen LogP contribution in [0.5, 0.6) is 11.5 Å². The number of halogens is 1. The number of hydrogen-bond donors (Lipinski definition) is 1. The Hall–Kier alpha value is -2.10. The largest absolute Gasteiger partial charge is 0.505 e. The molecule has 0 saturated heterocycles. The molecule has 0 amide bonds. The van der Waals surface area contributed by atoms with Crippen molar-refractivity contribution in [3.05, 3.63) is 42.3 Å². The summed E-state index contributed by atoms with van der Waals surface area (Å²) in [5.41, 5.74) is 1.28. The molecule has 0 aliphatic rings. The van der Waals surface area contributed by atoms with Crippen LogP contribution in [0.25, 0.3) is 11.3 Å². The fourth-order valence-corrected chi connectivity index (χ4v) is 2.38. The van der Waals surface area contributed by atoms with Crippen molar-refractivity contribution in [1.82, 2.24) is 4.98 Å². The Balaban J connectivity index is 1.79. The Kier molecular flexibility index (Phi) is 6.85. The van der Waals surface area contributed by atoms with Gasteiger partial charge >= 0.3 is 0 Å². The smallest absolute Gasteiger partial charge is 0.165 e. The number of ether oxygens (including phenoxy) is 1. The van der Waals surface area contributed by atoms with Gasteiger partial charge < -0.3 is 9.84 Å². The van der Waals surface area contributed by atoms with Crippen molar-refractivity contribution in [3.8, 4) is 22.8 Å². The Labute approximate surface area is 137 Å². The molecule has 124 valence electrons. The second-order valence-corrected chi connectivity index (χ2v) is 5.66. The summed E-state index contributed by atoms with van der Waals surface area (Å²) in [4.78, 5) is 4.29. The van der Waals surface area contributed by atoms with E-state index < -0.39 is 5.82 Å². The summed E-state index contributed by atoms with van der Waals surface area (Å²) in [6.45, 7) is 2.91. The lowest BCUT2D eigenvalue weighted by molar-refractivity contribution is 0.303. The highest BCUT2D eigenvalue weighted by Gasteiger charge is 2.05. The SMILES string of the molecule is CCCCCCCCOc1ccc(-c2ccc(O)c(F)c2)nc1.